The second-order valence-electron chi connectivity index (χ2n) is 3.71. The lowest BCUT2D eigenvalue weighted by Crippen LogP contribution is -2.14. The van der Waals surface area contributed by atoms with E-state index in [1.807, 2.05) is 0 Å². The number of hydrogen-bond donors (Lipinski definition) is 2. The normalized spacial score (nSPS) is 10.3. The van der Waals surface area contributed by atoms with Crippen molar-refractivity contribution in [2.45, 2.75) is 4.90 Å². The first-order valence-corrected chi connectivity index (χ1v) is 6.84. The summed E-state index contributed by atoms with van der Waals surface area (Å²) < 4.78 is 14.1. The van der Waals surface area contributed by atoms with Gasteiger partial charge in [-0.2, -0.15) is 0 Å². The third-order valence-electron chi connectivity index (χ3n) is 2.40. The van der Waals surface area contributed by atoms with Crippen LogP contribution in [0.1, 0.15) is 10.4 Å². The summed E-state index contributed by atoms with van der Waals surface area (Å²) >= 11 is 13.3. The van der Waals surface area contributed by atoms with Gasteiger partial charge in [-0.05, 0) is 46.3 Å². The van der Waals surface area contributed by atoms with Crippen LogP contribution in [0, 0.1) is 5.82 Å². The summed E-state index contributed by atoms with van der Waals surface area (Å²) in [5.41, 5.74) is 0.317. The molecule has 2 aromatic carbocycles. The minimum Gasteiger partial charge on any atom is -0.318 e. The average Bonchev–Trinajstić information content (AvgIpc) is 2.37. The van der Waals surface area contributed by atoms with Crippen molar-refractivity contribution in [3.8, 4) is 0 Å². The molecule has 0 aliphatic heterocycles. The number of para-hydroxylation sites is 1. The van der Waals surface area contributed by atoms with Gasteiger partial charge in [0.2, 0.25) is 0 Å². The molecule has 0 fully saturated rings. The van der Waals surface area contributed by atoms with Crippen LogP contribution < -0.4 is 5.32 Å². The van der Waals surface area contributed by atoms with E-state index in [-0.39, 0.29) is 16.3 Å². The van der Waals surface area contributed by atoms with Crippen molar-refractivity contribution in [3.63, 3.8) is 0 Å². The van der Waals surface area contributed by atoms with Crippen LogP contribution in [0.4, 0.5) is 10.1 Å². The van der Waals surface area contributed by atoms with Crippen molar-refractivity contribution in [1.82, 2.24) is 0 Å². The molecular formula is C13H8BrClFNOS. The van der Waals surface area contributed by atoms with Crippen LogP contribution >= 0.6 is 40.2 Å². The molecule has 0 saturated heterocycles. The molecule has 2 rings (SSSR count). The fourth-order valence-electron chi connectivity index (χ4n) is 1.49. The van der Waals surface area contributed by atoms with Gasteiger partial charge < -0.3 is 5.32 Å². The molecule has 0 heterocycles. The lowest BCUT2D eigenvalue weighted by Gasteiger charge is -2.09. The maximum atomic E-state index is 13.6. The van der Waals surface area contributed by atoms with Gasteiger partial charge in [0.15, 0.2) is 0 Å². The summed E-state index contributed by atoms with van der Waals surface area (Å²) in [5, 5.41) is 2.76. The molecule has 0 aliphatic rings. The highest BCUT2D eigenvalue weighted by atomic mass is 79.9. The molecule has 0 unspecified atom stereocenters. The van der Waals surface area contributed by atoms with Gasteiger partial charge in [0.25, 0.3) is 5.91 Å². The van der Waals surface area contributed by atoms with Crippen LogP contribution in [0.25, 0.3) is 0 Å². The fraction of sp³-hybridized carbons (Fsp3) is 0. The summed E-state index contributed by atoms with van der Waals surface area (Å²) in [5.74, 6) is -1.02. The van der Waals surface area contributed by atoms with Crippen molar-refractivity contribution in [2.24, 2.45) is 0 Å². The van der Waals surface area contributed by atoms with Gasteiger partial charge in [-0.25, -0.2) is 4.39 Å². The third kappa shape index (κ3) is 3.29. The maximum absolute atomic E-state index is 13.6. The summed E-state index contributed by atoms with van der Waals surface area (Å²) in [6.07, 6.45) is 0. The van der Waals surface area contributed by atoms with Crippen LogP contribution in [-0.2, 0) is 0 Å². The number of hydrogen-bond acceptors (Lipinski definition) is 2. The SMILES string of the molecule is O=C(Nc1c(F)cccc1Br)c1cc(S)ccc1Cl. The first kappa shape index (κ1) is 14.4. The van der Waals surface area contributed by atoms with Crippen LogP contribution in [0.5, 0.6) is 0 Å². The standard InChI is InChI=1S/C13H8BrClFNOS/c14-9-2-1-3-11(16)12(9)17-13(18)8-6-7(19)4-5-10(8)15/h1-6,19H,(H,17,18). The quantitative estimate of drug-likeness (QED) is 0.741. The van der Waals surface area contributed by atoms with Crippen LogP contribution in [0.2, 0.25) is 5.02 Å². The predicted octanol–water partition coefficient (Wildman–Crippen LogP) is 4.78. The van der Waals surface area contributed by atoms with Gasteiger partial charge in [-0.3, -0.25) is 4.79 Å². The van der Waals surface area contributed by atoms with E-state index in [0.717, 1.165) is 0 Å². The molecule has 0 atom stereocenters. The lowest BCUT2D eigenvalue weighted by atomic mass is 10.2. The Kier molecular flexibility index (Phi) is 4.50. The van der Waals surface area contributed by atoms with Gasteiger partial charge >= 0.3 is 0 Å². The number of anilines is 1. The average molecular weight is 361 g/mol. The lowest BCUT2D eigenvalue weighted by molar-refractivity contribution is 0.102. The van der Waals surface area contributed by atoms with E-state index in [9.17, 15) is 9.18 Å². The highest BCUT2D eigenvalue weighted by molar-refractivity contribution is 9.10. The molecule has 0 bridgehead atoms. The van der Waals surface area contributed by atoms with Crippen LogP contribution in [0.15, 0.2) is 45.8 Å². The van der Waals surface area contributed by atoms with Crippen molar-refractivity contribution in [2.75, 3.05) is 5.32 Å². The number of carbonyl (C=O) groups excluding carboxylic acids is 1. The van der Waals surface area contributed by atoms with Gasteiger partial charge in [-0.15, -0.1) is 12.6 Å². The molecule has 6 heteroatoms. The second kappa shape index (κ2) is 5.94. The number of carbonyl (C=O) groups is 1. The molecule has 2 aromatic rings. The minimum atomic E-state index is -0.527. The highest BCUT2D eigenvalue weighted by Crippen LogP contribution is 2.27. The van der Waals surface area contributed by atoms with Crippen LogP contribution in [0.3, 0.4) is 0 Å². The molecule has 19 heavy (non-hydrogen) atoms. The monoisotopic (exact) mass is 359 g/mol. The van der Waals surface area contributed by atoms with E-state index in [1.54, 1.807) is 18.2 Å². The highest BCUT2D eigenvalue weighted by Gasteiger charge is 2.14. The van der Waals surface area contributed by atoms with E-state index in [0.29, 0.717) is 9.37 Å². The van der Waals surface area contributed by atoms with E-state index in [1.165, 1.54) is 18.2 Å². The molecule has 1 N–H and O–H groups in total. The summed E-state index contributed by atoms with van der Waals surface area (Å²) in [6.45, 7) is 0. The molecule has 0 saturated carbocycles. The van der Waals surface area contributed by atoms with E-state index in [2.05, 4.69) is 33.9 Å². The molecule has 2 nitrogen and oxygen atoms in total. The fourth-order valence-corrected chi connectivity index (χ4v) is 2.33. The molecule has 0 aliphatic carbocycles. The zero-order valence-electron chi connectivity index (χ0n) is 9.45. The maximum Gasteiger partial charge on any atom is 0.257 e. The molecular weight excluding hydrogens is 353 g/mol. The van der Waals surface area contributed by atoms with Crippen molar-refractivity contribution in [1.29, 1.82) is 0 Å². The zero-order valence-corrected chi connectivity index (χ0v) is 12.7. The summed E-state index contributed by atoms with van der Waals surface area (Å²) in [7, 11) is 0. The Hall–Kier alpha value is -1.04. The molecule has 0 radical (unpaired) electrons. The first-order chi connectivity index (χ1) is 8.99. The Morgan fingerprint density at radius 2 is 2.05 bits per heavy atom. The van der Waals surface area contributed by atoms with E-state index in [4.69, 9.17) is 11.6 Å². The number of amides is 1. The number of rotatable bonds is 2. The Bertz CT molecular complexity index is 630. The largest absolute Gasteiger partial charge is 0.318 e. The molecule has 0 spiro atoms. The van der Waals surface area contributed by atoms with Crippen molar-refractivity contribution < 1.29 is 9.18 Å². The Morgan fingerprint density at radius 1 is 1.32 bits per heavy atom. The van der Waals surface area contributed by atoms with Gasteiger partial charge in [0, 0.05) is 9.37 Å². The van der Waals surface area contributed by atoms with Gasteiger partial charge in [0.05, 0.1) is 16.3 Å². The number of benzene rings is 2. The number of halogens is 3. The first-order valence-electron chi connectivity index (χ1n) is 5.23. The molecule has 0 aromatic heterocycles. The Morgan fingerprint density at radius 3 is 2.74 bits per heavy atom. The third-order valence-corrected chi connectivity index (χ3v) is 3.66. The Labute approximate surface area is 128 Å². The smallest absolute Gasteiger partial charge is 0.257 e. The predicted molar refractivity (Wildman–Crippen MR) is 80.8 cm³/mol. The number of nitrogens with one attached hydrogen (secondary N) is 1. The van der Waals surface area contributed by atoms with Crippen molar-refractivity contribution >= 4 is 51.8 Å². The molecule has 98 valence electrons. The molecule has 1 amide bonds. The summed E-state index contributed by atoms with van der Waals surface area (Å²) in [6, 6.07) is 9.19. The van der Waals surface area contributed by atoms with Gasteiger partial charge in [0.1, 0.15) is 5.82 Å². The topological polar surface area (TPSA) is 29.1 Å². The van der Waals surface area contributed by atoms with E-state index >= 15 is 0 Å². The van der Waals surface area contributed by atoms with Gasteiger partial charge in [-0.1, -0.05) is 17.7 Å². The Balaban J connectivity index is 2.34. The van der Waals surface area contributed by atoms with E-state index < -0.39 is 11.7 Å². The van der Waals surface area contributed by atoms with Crippen molar-refractivity contribution in [3.05, 3.63) is 57.3 Å². The zero-order chi connectivity index (χ0) is 14.0. The van der Waals surface area contributed by atoms with Crippen LogP contribution in [-0.4, -0.2) is 5.91 Å². The second-order valence-corrected chi connectivity index (χ2v) is 5.49. The minimum absolute atomic E-state index is 0.0770. The summed E-state index contributed by atoms with van der Waals surface area (Å²) in [4.78, 5) is 12.7. The number of thiol groups is 1.